The maximum Gasteiger partial charge on any atom is 0.169 e. The highest BCUT2D eigenvalue weighted by Crippen LogP contribution is 2.35. The molecule has 2 N–H and O–H groups in total. The van der Waals surface area contributed by atoms with Crippen LogP contribution in [0.4, 0.5) is 5.69 Å². The first-order valence-corrected chi connectivity index (χ1v) is 11.7. The minimum atomic E-state index is 0.0480. The van der Waals surface area contributed by atoms with E-state index in [1.807, 2.05) is 61.9 Å². The third kappa shape index (κ3) is 3.64. The lowest BCUT2D eigenvalue weighted by atomic mass is 10.1. The van der Waals surface area contributed by atoms with Crippen molar-refractivity contribution in [3.63, 3.8) is 0 Å². The van der Waals surface area contributed by atoms with Gasteiger partial charge in [0.05, 0.1) is 22.1 Å². The molecule has 0 amide bonds. The van der Waals surface area contributed by atoms with Crippen molar-refractivity contribution < 1.29 is 4.79 Å². The van der Waals surface area contributed by atoms with E-state index in [1.165, 1.54) is 11.3 Å². The second-order valence-electron chi connectivity index (χ2n) is 8.38. The Morgan fingerprint density at radius 1 is 1.00 bits per heavy atom. The zero-order valence-corrected chi connectivity index (χ0v) is 20.0. The van der Waals surface area contributed by atoms with Crippen LogP contribution in [-0.4, -0.2) is 55.0 Å². The summed E-state index contributed by atoms with van der Waals surface area (Å²) in [5.41, 5.74) is 6.52. The molecule has 0 aliphatic heterocycles. The molecule has 172 valence electrons. The molecule has 0 atom stereocenters. The van der Waals surface area contributed by atoms with Gasteiger partial charge in [0.15, 0.2) is 22.9 Å². The second-order valence-corrected chi connectivity index (χ2v) is 9.46. The minimum Gasteiger partial charge on any atom is -0.376 e. The smallest absolute Gasteiger partial charge is 0.169 e. The van der Waals surface area contributed by atoms with Gasteiger partial charge in [-0.3, -0.25) is 14.9 Å². The van der Waals surface area contributed by atoms with Crippen molar-refractivity contribution in [1.82, 2.24) is 35.1 Å². The highest BCUT2D eigenvalue weighted by atomic mass is 32.1. The van der Waals surface area contributed by atoms with Crippen molar-refractivity contribution in [2.24, 2.45) is 0 Å². The fourth-order valence-electron chi connectivity index (χ4n) is 3.97. The van der Waals surface area contributed by atoms with Crippen LogP contribution in [-0.2, 0) is 0 Å². The van der Waals surface area contributed by atoms with E-state index in [9.17, 15) is 4.79 Å². The maximum absolute atomic E-state index is 11.8. The number of pyridine rings is 3. The first-order chi connectivity index (χ1) is 17.0. The minimum absolute atomic E-state index is 0.0480. The quantitative estimate of drug-likeness (QED) is 0.335. The van der Waals surface area contributed by atoms with E-state index >= 15 is 0 Å². The molecule has 0 unspecified atom stereocenters. The average molecular weight is 481 g/mol. The highest BCUT2D eigenvalue weighted by molar-refractivity contribution is 7.17. The number of ketones is 1. The van der Waals surface area contributed by atoms with Gasteiger partial charge in [0, 0.05) is 54.3 Å². The van der Waals surface area contributed by atoms with Crippen LogP contribution >= 0.6 is 11.3 Å². The van der Waals surface area contributed by atoms with Gasteiger partial charge in [0.1, 0.15) is 11.2 Å². The lowest BCUT2D eigenvalue weighted by Gasteiger charge is -2.12. The Balaban J connectivity index is 1.46. The lowest BCUT2D eigenvalue weighted by Crippen LogP contribution is -2.08. The summed E-state index contributed by atoms with van der Waals surface area (Å²) < 4.78 is 0. The number of Topliss-reactive ketones (excluding diaryl/α,β-unsaturated/α-hetero) is 1. The third-order valence-corrected chi connectivity index (χ3v) is 7.04. The number of thiophene rings is 1. The standard InChI is InChI=1S/C25H20N8OS/c1-13(34)19-4-5-20(35-19)17-6-7-27-24-21(17)29-25(30-24)22-18-9-15(11-28-23(18)32-31-22)14-8-16(33(2)3)12-26-10-14/h4-12H,1-3H3,(H,27,29,30)(H,28,31,32). The number of carbonyl (C=O) groups excluding carboxylic acids is 1. The molecular formula is C25H20N8OS. The van der Waals surface area contributed by atoms with Gasteiger partial charge in [-0.1, -0.05) is 0 Å². The molecule has 9 nitrogen and oxygen atoms in total. The maximum atomic E-state index is 11.8. The monoisotopic (exact) mass is 480 g/mol. The number of nitrogens with zero attached hydrogens (tertiary/aromatic N) is 6. The molecule has 0 spiro atoms. The van der Waals surface area contributed by atoms with E-state index < -0.39 is 0 Å². The van der Waals surface area contributed by atoms with E-state index in [4.69, 9.17) is 4.98 Å². The van der Waals surface area contributed by atoms with Crippen LogP contribution in [0.3, 0.4) is 0 Å². The van der Waals surface area contributed by atoms with Gasteiger partial charge in [-0.15, -0.1) is 11.3 Å². The zero-order valence-electron chi connectivity index (χ0n) is 19.2. The van der Waals surface area contributed by atoms with E-state index in [2.05, 4.69) is 36.2 Å². The summed E-state index contributed by atoms with van der Waals surface area (Å²) in [4.78, 5) is 37.0. The Morgan fingerprint density at radius 3 is 2.66 bits per heavy atom. The SMILES string of the molecule is CC(=O)c1ccc(-c2ccnc3[nH]c(-c4n[nH]c5ncc(-c6cncc(N(C)C)c6)cc45)nc23)s1. The van der Waals surface area contributed by atoms with E-state index in [0.29, 0.717) is 27.7 Å². The molecule has 6 aromatic rings. The molecular weight excluding hydrogens is 460 g/mol. The molecule has 0 aliphatic rings. The van der Waals surface area contributed by atoms with Crippen LogP contribution in [0.15, 0.2) is 55.1 Å². The summed E-state index contributed by atoms with van der Waals surface area (Å²) in [6.07, 6.45) is 7.19. The van der Waals surface area contributed by atoms with Gasteiger partial charge in [-0.25, -0.2) is 15.0 Å². The summed E-state index contributed by atoms with van der Waals surface area (Å²) in [6.45, 7) is 1.57. The van der Waals surface area contributed by atoms with Crippen LogP contribution in [0, 0.1) is 0 Å². The van der Waals surface area contributed by atoms with Gasteiger partial charge in [0.2, 0.25) is 0 Å². The molecule has 0 bridgehead atoms. The fourth-order valence-corrected chi connectivity index (χ4v) is 4.89. The normalized spacial score (nSPS) is 11.4. The van der Waals surface area contributed by atoms with Crippen molar-refractivity contribution >= 4 is 45.0 Å². The van der Waals surface area contributed by atoms with Crippen molar-refractivity contribution in [2.45, 2.75) is 6.92 Å². The Kier molecular flexibility index (Phi) is 4.89. The number of H-pyrrole nitrogens is 2. The predicted octanol–water partition coefficient (Wildman–Crippen LogP) is 4.96. The molecule has 6 rings (SSSR count). The number of anilines is 1. The third-order valence-electron chi connectivity index (χ3n) is 5.82. The Morgan fingerprint density at radius 2 is 1.86 bits per heavy atom. The van der Waals surface area contributed by atoms with Crippen LogP contribution in [0.5, 0.6) is 0 Å². The van der Waals surface area contributed by atoms with Crippen molar-refractivity contribution in [3.05, 3.63) is 60.0 Å². The Bertz CT molecular complexity index is 1730. The summed E-state index contributed by atoms with van der Waals surface area (Å²) in [5.74, 6) is 0.639. The van der Waals surface area contributed by atoms with Crippen LogP contribution in [0.1, 0.15) is 16.6 Å². The molecule has 6 heterocycles. The van der Waals surface area contributed by atoms with Crippen LogP contribution < -0.4 is 4.90 Å². The fraction of sp³-hybridized carbons (Fsp3) is 0.120. The van der Waals surface area contributed by atoms with Gasteiger partial charge >= 0.3 is 0 Å². The summed E-state index contributed by atoms with van der Waals surface area (Å²) in [5, 5.41) is 8.34. The number of rotatable bonds is 5. The number of carbonyl (C=O) groups is 1. The molecule has 10 heteroatoms. The Hall–Kier alpha value is -4.44. The lowest BCUT2D eigenvalue weighted by molar-refractivity contribution is 0.102. The number of aromatic amines is 2. The number of hydrogen-bond donors (Lipinski definition) is 2. The van der Waals surface area contributed by atoms with Gasteiger partial charge in [-0.2, -0.15) is 5.10 Å². The summed E-state index contributed by atoms with van der Waals surface area (Å²) >= 11 is 1.45. The predicted molar refractivity (Wildman–Crippen MR) is 138 cm³/mol. The molecule has 0 fully saturated rings. The second kappa shape index (κ2) is 8.10. The van der Waals surface area contributed by atoms with Crippen molar-refractivity contribution in [1.29, 1.82) is 0 Å². The summed E-state index contributed by atoms with van der Waals surface area (Å²) in [6, 6.07) is 9.81. The molecule has 0 aromatic carbocycles. The number of fused-ring (bicyclic) bond motifs is 2. The number of aromatic nitrogens is 7. The van der Waals surface area contributed by atoms with Crippen LogP contribution in [0.25, 0.3) is 55.3 Å². The van der Waals surface area contributed by atoms with Crippen molar-refractivity contribution in [3.8, 4) is 33.1 Å². The zero-order chi connectivity index (χ0) is 24.1. The molecule has 6 aromatic heterocycles. The molecule has 0 radical (unpaired) electrons. The van der Waals surface area contributed by atoms with E-state index in [1.54, 1.807) is 13.1 Å². The highest BCUT2D eigenvalue weighted by Gasteiger charge is 2.18. The van der Waals surface area contributed by atoms with Crippen LogP contribution in [0.2, 0.25) is 0 Å². The van der Waals surface area contributed by atoms with E-state index in [-0.39, 0.29) is 5.78 Å². The topological polar surface area (TPSA) is 116 Å². The molecule has 0 aliphatic carbocycles. The van der Waals surface area contributed by atoms with E-state index in [0.717, 1.165) is 38.2 Å². The molecule has 0 saturated carbocycles. The average Bonchev–Trinajstić information content (AvgIpc) is 3.61. The van der Waals surface area contributed by atoms with Gasteiger partial charge in [0.25, 0.3) is 0 Å². The van der Waals surface area contributed by atoms with Crippen molar-refractivity contribution in [2.75, 3.05) is 19.0 Å². The number of nitrogens with one attached hydrogen (secondary N) is 2. The molecule has 35 heavy (non-hydrogen) atoms. The number of hydrogen-bond acceptors (Lipinski definition) is 8. The first kappa shape index (κ1) is 21.1. The number of imidazole rings is 1. The van der Waals surface area contributed by atoms with Gasteiger partial charge < -0.3 is 9.88 Å². The largest absolute Gasteiger partial charge is 0.376 e. The van der Waals surface area contributed by atoms with Gasteiger partial charge in [-0.05, 0) is 37.3 Å². The Labute approximate surface area is 203 Å². The molecule has 0 saturated heterocycles. The summed E-state index contributed by atoms with van der Waals surface area (Å²) in [7, 11) is 3.97. The first-order valence-electron chi connectivity index (χ1n) is 10.9.